The molecule has 26 heavy (non-hydrogen) atoms. The van der Waals surface area contributed by atoms with E-state index in [9.17, 15) is 18.0 Å². The summed E-state index contributed by atoms with van der Waals surface area (Å²) >= 11 is 5.81. The molecule has 1 aliphatic rings. The molecule has 8 heteroatoms. The van der Waals surface area contributed by atoms with E-state index < -0.39 is 24.3 Å². The molecule has 0 saturated heterocycles. The molecule has 0 aromatic heterocycles. The third kappa shape index (κ3) is 3.84. The van der Waals surface area contributed by atoms with Crippen molar-refractivity contribution in [2.45, 2.75) is 18.3 Å². The lowest BCUT2D eigenvalue weighted by Gasteiger charge is -2.38. The lowest BCUT2D eigenvalue weighted by atomic mass is 9.93. The predicted molar refractivity (Wildman–Crippen MR) is 92.1 cm³/mol. The maximum absolute atomic E-state index is 13.8. The van der Waals surface area contributed by atoms with Gasteiger partial charge in [-0.15, -0.1) is 0 Å². The fraction of sp³-hybridized carbons (Fsp3) is 0.167. The van der Waals surface area contributed by atoms with E-state index in [0.29, 0.717) is 16.3 Å². The van der Waals surface area contributed by atoms with Crippen LogP contribution in [-0.4, -0.2) is 17.9 Å². The number of nitrogens with one attached hydrogen (secondary N) is 2. The van der Waals surface area contributed by atoms with Crippen molar-refractivity contribution in [3.8, 4) is 0 Å². The molecule has 0 amide bonds. The van der Waals surface area contributed by atoms with Crippen LogP contribution in [0.15, 0.2) is 60.7 Å². The Labute approximate surface area is 152 Å². The van der Waals surface area contributed by atoms with Gasteiger partial charge in [-0.25, -0.2) is 4.79 Å². The Morgan fingerprint density at radius 1 is 1.04 bits per heavy atom. The molecule has 136 valence electrons. The maximum Gasteiger partial charge on any atom is 0.444 e. The number of hydrogen-bond donors (Lipinski definition) is 2. The van der Waals surface area contributed by atoms with Crippen molar-refractivity contribution >= 4 is 28.8 Å². The van der Waals surface area contributed by atoms with E-state index in [4.69, 9.17) is 16.3 Å². The Balaban J connectivity index is 1.91. The van der Waals surface area contributed by atoms with Crippen molar-refractivity contribution in [2.75, 3.05) is 5.43 Å². The van der Waals surface area contributed by atoms with E-state index in [1.807, 2.05) is 0 Å². The average molecular weight is 383 g/mol. The molecule has 1 unspecified atom stereocenters. The van der Waals surface area contributed by atoms with Gasteiger partial charge in [-0.3, -0.25) is 0 Å². The van der Waals surface area contributed by atoms with Gasteiger partial charge >= 0.3 is 12.1 Å². The molecule has 1 heterocycles. The highest BCUT2D eigenvalue weighted by molar-refractivity contribution is 6.30. The third-order valence-corrected chi connectivity index (χ3v) is 4.11. The zero-order chi connectivity index (χ0) is 18.8. The summed E-state index contributed by atoms with van der Waals surface area (Å²) < 4.78 is 46.1. The highest BCUT2D eigenvalue weighted by Crippen LogP contribution is 2.41. The first-order valence-electron chi connectivity index (χ1n) is 7.63. The molecule has 2 N–H and O–H groups in total. The fourth-order valence-corrected chi connectivity index (χ4v) is 2.67. The Hall–Kier alpha value is -2.51. The van der Waals surface area contributed by atoms with Gasteiger partial charge in [0.2, 0.25) is 0 Å². The SMILES string of the molecule is O=C1C=C(c2ccc(Cl)cc2)CC(NNc2ccccc2)(C(F)(F)F)O1. The Morgan fingerprint density at radius 2 is 1.69 bits per heavy atom. The van der Waals surface area contributed by atoms with Crippen LogP contribution in [0, 0.1) is 0 Å². The van der Waals surface area contributed by atoms with Crippen molar-refractivity contribution in [1.29, 1.82) is 0 Å². The number of carbonyl (C=O) groups is 1. The quantitative estimate of drug-likeness (QED) is 0.602. The van der Waals surface area contributed by atoms with Crippen LogP contribution in [0.3, 0.4) is 0 Å². The number of ether oxygens (including phenoxy) is 1. The number of esters is 1. The number of hydrazine groups is 1. The molecule has 3 rings (SSSR count). The molecule has 1 aliphatic heterocycles. The number of rotatable bonds is 4. The number of cyclic esters (lactones) is 1. The summed E-state index contributed by atoms with van der Waals surface area (Å²) in [5.41, 5.74) is 2.77. The molecule has 0 saturated carbocycles. The number of hydrogen-bond acceptors (Lipinski definition) is 4. The van der Waals surface area contributed by atoms with Crippen LogP contribution in [-0.2, 0) is 9.53 Å². The molecule has 2 aromatic rings. The largest absolute Gasteiger partial charge is 0.444 e. The van der Waals surface area contributed by atoms with Crippen LogP contribution in [0.2, 0.25) is 5.02 Å². The third-order valence-electron chi connectivity index (χ3n) is 3.86. The smallest absolute Gasteiger partial charge is 0.429 e. The zero-order valence-electron chi connectivity index (χ0n) is 13.3. The van der Waals surface area contributed by atoms with Crippen LogP contribution in [0.4, 0.5) is 18.9 Å². The van der Waals surface area contributed by atoms with Crippen LogP contribution < -0.4 is 10.9 Å². The van der Waals surface area contributed by atoms with E-state index in [1.54, 1.807) is 54.6 Å². The topological polar surface area (TPSA) is 50.4 Å². The summed E-state index contributed by atoms with van der Waals surface area (Å²) in [6.45, 7) is 0. The molecule has 1 atom stereocenters. The summed E-state index contributed by atoms with van der Waals surface area (Å²) in [7, 11) is 0. The van der Waals surface area contributed by atoms with Crippen LogP contribution in [0.5, 0.6) is 0 Å². The van der Waals surface area contributed by atoms with Gasteiger partial charge in [0.15, 0.2) is 0 Å². The Morgan fingerprint density at radius 3 is 2.31 bits per heavy atom. The molecule has 0 fully saturated rings. The van der Waals surface area contributed by atoms with Gasteiger partial charge in [0.1, 0.15) is 0 Å². The highest BCUT2D eigenvalue weighted by atomic mass is 35.5. The second-order valence-corrected chi connectivity index (χ2v) is 6.15. The summed E-state index contributed by atoms with van der Waals surface area (Å²) in [4.78, 5) is 11.9. The predicted octanol–water partition coefficient (Wildman–Crippen LogP) is 4.55. The van der Waals surface area contributed by atoms with Gasteiger partial charge in [0.25, 0.3) is 5.72 Å². The summed E-state index contributed by atoms with van der Waals surface area (Å²) in [6, 6.07) is 14.4. The molecular weight excluding hydrogens is 369 g/mol. The number of anilines is 1. The van der Waals surface area contributed by atoms with Gasteiger partial charge in [0, 0.05) is 23.2 Å². The lowest BCUT2D eigenvalue weighted by Crippen LogP contribution is -2.62. The molecule has 0 spiro atoms. The summed E-state index contributed by atoms with van der Waals surface area (Å²) in [5, 5.41) is 0.443. The van der Waals surface area contributed by atoms with Gasteiger partial charge in [-0.2, -0.15) is 18.6 Å². The number of halogens is 4. The normalized spacial score (nSPS) is 20.3. The Kier molecular flexibility index (Phi) is 4.93. The van der Waals surface area contributed by atoms with E-state index in [1.165, 1.54) is 0 Å². The average Bonchev–Trinajstić information content (AvgIpc) is 2.60. The first-order valence-corrected chi connectivity index (χ1v) is 8.01. The first kappa shape index (κ1) is 18.3. The standard InChI is InChI=1S/C18H14ClF3N2O2/c19-14-8-6-12(7-9-14)13-10-16(25)26-17(11-13,18(20,21)22)24-23-15-4-2-1-3-5-15/h1-10,23-24H,11H2. The Bertz CT molecular complexity index is 823. The van der Waals surface area contributed by atoms with Crippen LogP contribution in [0.1, 0.15) is 12.0 Å². The first-order chi connectivity index (χ1) is 12.3. The maximum atomic E-state index is 13.8. The number of benzene rings is 2. The van der Waals surface area contributed by atoms with E-state index in [2.05, 4.69) is 10.9 Å². The summed E-state index contributed by atoms with van der Waals surface area (Å²) in [5.74, 6) is -1.08. The number of carbonyl (C=O) groups excluding carboxylic acids is 1. The number of para-hydroxylation sites is 1. The van der Waals surface area contributed by atoms with E-state index in [0.717, 1.165) is 6.08 Å². The second-order valence-electron chi connectivity index (χ2n) is 5.72. The van der Waals surface area contributed by atoms with Crippen LogP contribution >= 0.6 is 11.6 Å². The second kappa shape index (κ2) is 7.01. The minimum Gasteiger partial charge on any atom is -0.429 e. The highest BCUT2D eigenvalue weighted by Gasteiger charge is 2.60. The fourth-order valence-electron chi connectivity index (χ4n) is 2.54. The van der Waals surface area contributed by atoms with Crippen molar-refractivity contribution in [3.05, 3.63) is 71.3 Å². The molecule has 4 nitrogen and oxygen atoms in total. The van der Waals surface area contributed by atoms with Gasteiger partial charge < -0.3 is 10.2 Å². The minimum absolute atomic E-state index is 0.192. The van der Waals surface area contributed by atoms with E-state index in [-0.39, 0.29) is 5.57 Å². The van der Waals surface area contributed by atoms with Gasteiger partial charge in [-0.1, -0.05) is 41.9 Å². The zero-order valence-corrected chi connectivity index (χ0v) is 14.1. The molecule has 0 aliphatic carbocycles. The van der Waals surface area contributed by atoms with Crippen molar-refractivity contribution in [1.82, 2.24) is 5.43 Å². The molecular formula is C18H14ClF3N2O2. The summed E-state index contributed by atoms with van der Waals surface area (Å²) in [6.07, 6.45) is -4.39. The van der Waals surface area contributed by atoms with Crippen molar-refractivity contribution < 1.29 is 22.7 Å². The van der Waals surface area contributed by atoms with E-state index >= 15 is 0 Å². The lowest BCUT2D eigenvalue weighted by molar-refractivity contribution is -0.277. The molecule has 0 radical (unpaired) electrons. The minimum atomic E-state index is -4.85. The van der Waals surface area contributed by atoms with Crippen LogP contribution in [0.25, 0.3) is 5.57 Å². The van der Waals surface area contributed by atoms with Crippen molar-refractivity contribution in [3.63, 3.8) is 0 Å². The van der Waals surface area contributed by atoms with Gasteiger partial charge in [-0.05, 0) is 35.4 Å². The van der Waals surface area contributed by atoms with Crippen molar-refractivity contribution in [2.24, 2.45) is 0 Å². The van der Waals surface area contributed by atoms with Gasteiger partial charge in [0.05, 0.1) is 0 Å². The monoisotopic (exact) mass is 382 g/mol. The molecule has 2 aromatic carbocycles. The number of alkyl halides is 3. The molecule has 0 bridgehead atoms.